The summed E-state index contributed by atoms with van der Waals surface area (Å²) in [7, 11) is 0. The van der Waals surface area contributed by atoms with Crippen LogP contribution < -0.4 is 5.32 Å². The lowest BCUT2D eigenvalue weighted by Gasteiger charge is -2.25. The molecular weight excluding hydrogens is 490 g/mol. The van der Waals surface area contributed by atoms with Crippen LogP contribution in [0.4, 0.5) is 26.3 Å². The molecule has 1 N–H and O–H groups in total. The second-order valence-electron chi connectivity index (χ2n) is 8.44. The zero-order valence-corrected chi connectivity index (χ0v) is 18.4. The number of halogens is 6. The highest BCUT2D eigenvalue weighted by atomic mass is 19.4. The fraction of sp³-hybridized carbons (Fsp3) is 0.304. The molecule has 1 aliphatic rings. The molecule has 0 fully saturated rings. The van der Waals surface area contributed by atoms with E-state index in [1.807, 2.05) is 0 Å². The van der Waals surface area contributed by atoms with Gasteiger partial charge in [-0.05, 0) is 30.2 Å². The smallest absolute Gasteiger partial charge is 0.347 e. The van der Waals surface area contributed by atoms with E-state index in [1.54, 1.807) is 22.9 Å². The van der Waals surface area contributed by atoms with E-state index < -0.39 is 35.6 Å². The standard InChI is InChI=1S/C23H18F6N6O/c24-22(25,26)14-6-8-34-12-16(32-18(34)9-14)15-5-4-13(10-30-15)11-31-21(36)19-20(23(27,28)29)33-17-3-1-2-7-35(17)19/h1-5,7,10,12,14H,6,8-9,11H2,(H,31,36). The minimum atomic E-state index is -4.81. The van der Waals surface area contributed by atoms with E-state index in [0.717, 1.165) is 4.40 Å². The van der Waals surface area contributed by atoms with Gasteiger partial charge in [0.15, 0.2) is 5.69 Å². The molecule has 36 heavy (non-hydrogen) atoms. The summed E-state index contributed by atoms with van der Waals surface area (Å²) in [4.78, 5) is 24.8. The van der Waals surface area contributed by atoms with Gasteiger partial charge in [-0.25, -0.2) is 9.97 Å². The number of aromatic nitrogens is 5. The first-order chi connectivity index (χ1) is 17.0. The summed E-state index contributed by atoms with van der Waals surface area (Å²) in [5.41, 5.74) is -0.554. The van der Waals surface area contributed by atoms with Gasteiger partial charge >= 0.3 is 12.4 Å². The van der Waals surface area contributed by atoms with Gasteiger partial charge in [-0.3, -0.25) is 14.2 Å². The molecule has 5 heterocycles. The zero-order valence-electron chi connectivity index (χ0n) is 18.4. The molecule has 0 radical (unpaired) electrons. The number of imidazole rings is 2. The molecule has 4 aromatic rings. The van der Waals surface area contributed by atoms with Crippen molar-refractivity contribution in [2.45, 2.75) is 38.3 Å². The van der Waals surface area contributed by atoms with Gasteiger partial charge in [0.2, 0.25) is 0 Å². The average molecular weight is 508 g/mol. The normalized spacial score (nSPS) is 16.2. The highest BCUT2D eigenvalue weighted by molar-refractivity contribution is 5.94. The lowest BCUT2D eigenvalue weighted by Crippen LogP contribution is -2.31. The number of pyridine rings is 2. The lowest BCUT2D eigenvalue weighted by atomic mass is 9.97. The van der Waals surface area contributed by atoms with Crippen LogP contribution in [0.5, 0.6) is 0 Å². The van der Waals surface area contributed by atoms with Crippen molar-refractivity contribution in [3.63, 3.8) is 0 Å². The van der Waals surface area contributed by atoms with E-state index in [-0.39, 0.29) is 31.6 Å². The van der Waals surface area contributed by atoms with Crippen molar-refractivity contribution < 1.29 is 31.1 Å². The molecule has 0 spiro atoms. The SMILES string of the molecule is O=C(NCc1ccc(-c2cn3c(n2)CC(C(F)(F)F)CC3)nc1)c1c(C(F)(F)F)nc2ccccn12. The van der Waals surface area contributed by atoms with Crippen molar-refractivity contribution in [1.82, 2.24) is 29.2 Å². The molecule has 1 aliphatic heterocycles. The van der Waals surface area contributed by atoms with Crippen LogP contribution in [0.2, 0.25) is 0 Å². The molecule has 0 aromatic carbocycles. The number of rotatable bonds is 4. The zero-order chi connectivity index (χ0) is 25.7. The third-order valence-corrected chi connectivity index (χ3v) is 6.02. The second kappa shape index (κ2) is 8.64. The molecule has 1 atom stereocenters. The van der Waals surface area contributed by atoms with E-state index in [4.69, 9.17) is 0 Å². The molecule has 5 rings (SSSR count). The number of fused-ring (bicyclic) bond motifs is 2. The fourth-order valence-corrected chi connectivity index (χ4v) is 4.19. The molecule has 4 aromatic heterocycles. The van der Waals surface area contributed by atoms with Crippen LogP contribution in [-0.4, -0.2) is 36.0 Å². The predicted octanol–water partition coefficient (Wildman–Crippen LogP) is 4.67. The molecule has 7 nitrogen and oxygen atoms in total. The van der Waals surface area contributed by atoms with Crippen molar-refractivity contribution in [3.05, 3.63) is 71.7 Å². The van der Waals surface area contributed by atoms with Crippen LogP contribution in [0, 0.1) is 5.92 Å². The van der Waals surface area contributed by atoms with E-state index in [0.29, 0.717) is 22.8 Å². The van der Waals surface area contributed by atoms with Crippen LogP contribution in [0.25, 0.3) is 17.0 Å². The maximum atomic E-state index is 13.5. The first kappa shape index (κ1) is 23.8. The van der Waals surface area contributed by atoms with Gasteiger partial charge in [-0.15, -0.1) is 0 Å². The van der Waals surface area contributed by atoms with Crippen LogP contribution in [0.3, 0.4) is 0 Å². The molecule has 1 unspecified atom stereocenters. The topological polar surface area (TPSA) is 77.1 Å². The summed E-state index contributed by atoms with van der Waals surface area (Å²) in [6.45, 7) is 0.107. The van der Waals surface area contributed by atoms with Gasteiger partial charge in [-0.2, -0.15) is 26.3 Å². The van der Waals surface area contributed by atoms with Crippen LogP contribution >= 0.6 is 0 Å². The molecule has 1 amide bonds. The summed E-state index contributed by atoms with van der Waals surface area (Å²) in [6.07, 6.45) is -4.90. The number of aryl methyl sites for hydroxylation is 1. The Morgan fingerprint density at radius 2 is 1.86 bits per heavy atom. The Bertz CT molecular complexity index is 1420. The fourth-order valence-electron chi connectivity index (χ4n) is 4.19. The minimum absolute atomic E-state index is 0.00897. The summed E-state index contributed by atoms with van der Waals surface area (Å²) in [6, 6.07) is 7.57. The quantitative estimate of drug-likeness (QED) is 0.407. The number of hydrogen-bond donors (Lipinski definition) is 1. The number of alkyl halides is 6. The third kappa shape index (κ3) is 4.52. The Morgan fingerprint density at radius 3 is 2.56 bits per heavy atom. The Hall–Kier alpha value is -3.90. The summed E-state index contributed by atoms with van der Waals surface area (Å²) in [5.74, 6) is -2.04. The number of nitrogens with zero attached hydrogens (tertiary/aromatic N) is 5. The monoisotopic (exact) mass is 508 g/mol. The largest absolute Gasteiger partial charge is 0.435 e. The summed E-state index contributed by atoms with van der Waals surface area (Å²) in [5, 5.41) is 2.46. The number of carbonyl (C=O) groups is 1. The van der Waals surface area contributed by atoms with Gasteiger partial charge in [0.05, 0.1) is 11.6 Å². The molecule has 0 bridgehead atoms. The van der Waals surface area contributed by atoms with E-state index in [9.17, 15) is 31.1 Å². The Balaban J connectivity index is 1.30. The average Bonchev–Trinajstić information content (AvgIpc) is 3.43. The van der Waals surface area contributed by atoms with Crippen molar-refractivity contribution in [2.24, 2.45) is 5.92 Å². The molecule has 0 saturated carbocycles. The number of amides is 1. The van der Waals surface area contributed by atoms with Gasteiger partial charge in [0.25, 0.3) is 5.91 Å². The van der Waals surface area contributed by atoms with E-state index in [2.05, 4.69) is 20.3 Å². The molecule has 188 valence electrons. The lowest BCUT2D eigenvalue weighted by molar-refractivity contribution is -0.179. The molecule has 0 saturated heterocycles. The number of nitrogens with one attached hydrogen (secondary N) is 1. The maximum Gasteiger partial charge on any atom is 0.435 e. The Kier molecular flexibility index (Phi) is 5.72. The van der Waals surface area contributed by atoms with Gasteiger partial charge in [-0.1, -0.05) is 12.1 Å². The van der Waals surface area contributed by atoms with Crippen molar-refractivity contribution in [1.29, 1.82) is 0 Å². The number of hydrogen-bond acceptors (Lipinski definition) is 4. The predicted molar refractivity (Wildman–Crippen MR) is 115 cm³/mol. The highest BCUT2D eigenvalue weighted by Crippen LogP contribution is 2.35. The Labute approximate surface area is 199 Å². The van der Waals surface area contributed by atoms with Gasteiger partial charge in [0, 0.05) is 38.1 Å². The second-order valence-corrected chi connectivity index (χ2v) is 8.44. The van der Waals surface area contributed by atoms with Gasteiger partial charge in [0.1, 0.15) is 22.9 Å². The van der Waals surface area contributed by atoms with Crippen molar-refractivity contribution in [2.75, 3.05) is 0 Å². The van der Waals surface area contributed by atoms with Crippen LogP contribution in [-0.2, 0) is 25.7 Å². The van der Waals surface area contributed by atoms with E-state index in [1.165, 1.54) is 30.6 Å². The minimum Gasteiger partial charge on any atom is -0.347 e. The molecular formula is C23H18F6N6O. The molecule has 0 aliphatic carbocycles. The molecule has 13 heteroatoms. The first-order valence-electron chi connectivity index (χ1n) is 10.9. The van der Waals surface area contributed by atoms with E-state index >= 15 is 0 Å². The van der Waals surface area contributed by atoms with Crippen LogP contribution in [0.1, 0.15) is 34.0 Å². The van der Waals surface area contributed by atoms with Crippen molar-refractivity contribution in [3.8, 4) is 11.4 Å². The summed E-state index contributed by atoms with van der Waals surface area (Å²) >= 11 is 0. The van der Waals surface area contributed by atoms with Crippen molar-refractivity contribution >= 4 is 11.6 Å². The maximum absolute atomic E-state index is 13.5. The van der Waals surface area contributed by atoms with Gasteiger partial charge < -0.3 is 9.88 Å². The summed E-state index contributed by atoms with van der Waals surface area (Å²) < 4.78 is 82.2. The first-order valence-corrected chi connectivity index (χ1v) is 10.9. The Morgan fingerprint density at radius 1 is 1.06 bits per heavy atom. The van der Waals surface area contributed by atoms with Crippen LogP contribution in [0.15, 0.2) is 48.9 Å². The highest BCUT2D eigenvalue weighted by Gasteiger charge is 2.42. The third-order valence-electron chi connectivity index (χ3n) is 6.02. The number of carbonyl (C=O) groups excluding carboxylic acids is 1.